The Morgan fingerprint density at radius 3 is 2.41 bits per heavy atom. The van der Waals surface area contributed by atoms with Gasteiger partial charge in [-0.1, -0.05) is 0 Å². The molecule has 94 valence electrons. The summed E-state index contributed by atoms with van der Waals surface area (Å²) in [4.78, 5) is 9.57. The number of nitro groups is 1. The number of nitrogens with zero attached hydrogens (tertiary/aromatic N) is 2. The SMILES string of the molecule is CN(O)Cc1cc([N+](=O)[O-])cc(C(F)(F)F)c1. The molecular weight excluding hydrogens is 241 g/mol. The molecule has 0 fully saturated rings. The summed E-state index contributed by atoms with van der Waals surface area (Å²) in [7, 11) is 1.23. The van der Waals surface area contributed by atoms with Crippen molar-refractivity contribution in [2.45, 2.75) is 12.7 Å². The molecular formula is C9H9F3N2O3. The predicted molar refractivity (Wildman–Crippen MR) is 51.4 cm³/mol. The molecule has 0 aliphatic rings. The molecule has 1 N–H and O–H groups in total. The summed E-state index contributed by atoms with van der Waals surface area (Å²) < 4.78 is 37.4. The first-order valence-corrected chi connectivity index (χ1v) is 4.45. The number of hydrogen-bond donors (Lipinski definition) is 1. The Bertz CT molecular complexity index is 432. The van der Waals surface area contributed by atoms with Gasteiger partial charge in [0.15, 0.2) is 0 Å². The molecule has 1 aromatic rings. The van der Waals surface area contributed by atoms with E-state index in [1.165, 1.54) is 7.05 Å². The Morgan fingerprint density at radius 2 is 2.00 bits per heavy atom. The number of nitro benzene ring substituents is 1. The summed E-state index contributed by atoms with van der Waals surface area (Å²) in [6, 6.07) is 2.21. The van der Waals surface area contributed by atoms with Crippen LogP contribution in [0.4, 0.5) is 18.9 Å². The number of hydrogen-bond acceptors (Lipinski definition) is 4. The van der Waals surface area contributed by atoms with Gasteiger partial charge >= 0.3 is 6.18 Å². The van der Waals surface area contributed by atoms with Gasteiger partial charge in [-0.25, -0.2) is 0 Å². The van der Waals surface area contributed by atoms with Crippen LogP contribution >= 0.6 is 0 Å². The molecule has 8 heteroatoms. The zero-order valence-electron chi connectivity index (χ0n) is 8.73. The zero-order chi connectivity index (χ0) is 13.2. The van der Waals surface area contributed by atoms with E-state index in [4.69, 9.17) is 5.21 Å². The molecule has 0 spiro atoms. The Labute approximate surface area is 94.2 Å². The Kier molecular flexibility index (Phi) is 3.69. The van der Waals surface area contributed by atoms with Crippen molar-refractivity contribution in [1.82, 2.24) is 5.06 Å². The van der Waals surface area contributed by atoms with Crippen molar-refractivity contribution in [3.63, 3.8) is 0 Å². The second kappa shape index (κ2) is 4.68. The highest BCUT2D eigenvalue weighted by Crippen LogP contribution is 2.32. The van der Waals surface area contributed by atoms with Crippen molar-refractivity contribution in [2.75, 3.05) is 7.05 Å². The van der Waals surface area contributed by atoms with E-state index in [0.717, 1.165) is 12.1 Å². The molecule has 0 radical (unpaired) electrons. The minimum absolute atomic E-state index is 0.0107. The first-order valence-electron chi connectivity index (χ1n) is 4.45. The van der Waals surface area contributed by atoms with Crippen LogP contribution in [0.5, 0.6) is 0 Å². The van der Waals surface area contributed by atoms with Crippen molar-refractivity contribution < 1.29 is 23.3 Å². The van der Waals surface area contributed by atoms with Gasteiger partial charge in [0.1, 0.15) is 0 Å². The third-order valence-corrected chi connectivity index (χ3v) is 1.93. The second-order valence-corrected chi connectivity index (χ2v) is 3.46. The summed E-state index contributed by atoms with van der Waals surface area (Å²) >= 11 is 0. The van der Waals surface area contributed by atoms with Crippen LogP contribution in [0.15, 0.2) is 18.2 Å². The fraction of sp³-hybridized carbons (Fsp3) is 0.333. The molecule has 0 unspecified atom stereocenters. The van der Waals surface area contributed by atoms with Gasteiger partial charge in [-0.2, -0.15) is 18.2 Å². The molecule has 1 rings (SSSR count). The van der Waals surface area contributed by atoms with E-state index in [9.17, 15) is 23.3 Å². The lowest BCUT2D eigenvalue weighted by Gasteiger charge is -2.11. The number of rotatable bonds is 3. The quantitative estimate of drug-likeness (QED) is 0.660. The van der Waals surface area contributed by atoms with Gasteiger partial charge in [0.2, 0.25) is 0 Å². The van der Waals surface area contributed by atoms with E-state index in [1.54, 1.807) is 0 Å². The molecule has 17 heavy (non-hydrogen) atoms. The third kappa shape index (κ3) is 3.68. The van der Waals surface area contributed by atoms with Crippen molar-refractivity contribution in [2.24, 2.45) is 0 Å². The maximum Gasteiger partial charge on any atom is 0.416 e. The smallest absolute Gasteiger partial charge is 0.314 e. The predicted octanol–water partition coefficient (Wildman–Crippen LogP) is 2.43. The van der Waals surface area contributed by atoms with Gasteiger partial charge in [0.05, 0.1) is 10.5 Å². The zero-order valence-corrected chi connectivity index (χ0v) is 8.73. The molecule has 0 saturated carbocycles. The maximum absolute atomic E-state index is 12.5. The molecule has 0 amide bonds. The summed E-state index contributed by atoms with van der Waals surface area (Å²) in [5, 5.41) is 20.0. The number of non-ortho nitro benzene ring substituents is 1. The Morgan fingerprint density at radius 1 is 1.41 bits per heavy atom. The maximum atomic E-state index is 12.5. The number of benzene rings is 1. The van der Waals surface area contributed by atoms with Crippen LogP contribution in [0.25, 0.3) is 0 Å². The van der Waals surface area contributed by atoms with Crippen molar-refractivity contribution >= 4 is 5.69 Å². The molecule has 1 aromatic carbocycles. The number of halogens is 3. The number of alkyl halides is 3. The van der Waals surface area contributed by atoms with E-state index in [-0.39, 0.29) is 12.1 Å². The van der Waals surface area contributed by atoms with E-state index < -0.39 is 22.4 Å². The molecule has 0 aliphatic heterocycles. The normalized spacial score (nSPS) is 11.9. The number of hydroxylamine groups is 2. The molecule has 0 atom stereocenters. The van der Waals surface area contributed by atoms with Gasteiger partial charge in [-0.15, -0.1) is 0 Å². The standard InChI is InChI=1S/C9H9F3N2O3/c1-13(15)5-6-2-7(9(10,11)12)4-8(3-6)14(16)17/h2-4,15H,5H2,1H3. The van der Waals surface area contributed by atoms with Gasteiger partial charge in [0.25, 0.3) is 5.69 Å². The van der Waals surface area contributed by atoms with Crippen LogP contribution in [-0.2, 0) is 12.7 Å². The second-order valence-electron chi connectivity index (χ2n) is 3.46. The van der Waals surface area contributed by atoms with Gasteiger partial charge < -0.3 is 5.21 Å². The van der Waals surface area contributed by atoms with Crippen LogP contribution < -0.4 is 0 Å². The highest BCUT2D eigenvalue weighted by molar-refractivity contribution is 5.40. The Hall–Kier alpha value is -1.67. The first-order chi connectivity index (χ1) is 7.70. The molecule has 0 bridgehead atoms. The monoisotopic (exact) mass is 250 g/mol. The lowest BCUT2D eigenvalue weighted by molar-refractivity contribution is -0.385. The molecule has 0 aromatic heterocycles. The van der Waals surface area contributed by atoms with Gasteiger partial charge in [0, 0.05) is 25.7 Å². The molecule has 0 aliphatic carbocycles. The van der Waals surface area contributed by atoms with E-state index in [1.807, 2.05) is 0 Å². The summed E-state index contributed by atoms with van der Waals surface area (Å²) in [6.07, 6.45) is -4.66. The molecule has 0 heterocycles. The lowest BCUT2D eigenvalue weighted by atomic mass is 10.1. The van der Waals surface area contributed by atoms with E-state index in [2.05, 4.69) is 0 Å². The van der Waals surface area contributed by atoms with Crippen LogP contribution in [0.1, 0.15) is 11.1 Å². The fourth-order valence-corrected chi connectivity index (χ4v) is 1.30. The highest BCUT2D eigenvalue weighted by Gasteiger charge is 2.32. The average Bonchev–Trinajstić information content (AvgIpc) is 2.14. The van der Waals surface area contributed by atoms with E-state index in [0.29, 0.717) is 11.1 Å². The van der Waals surface area contributed by atoms with Crippen molar-refractivity contribution in [3.05, 3.63) is 39.4 Å². The average molecular weight is 250 g/mol. The Balaban J connectivity index is 3.24. The van der Waals surface area contributed by atoms with Crippen LogP contribution in [0, 0.1) is 10.1 Å². The molecule has 5 nitrogen and oxygen atoms in total. The van der Waals surface area contributed by atoms with Gasteiger partial charge in [-0.05, 0) is 11.6 Å². The summed E-state index contributed by atoms with van der Waals surface area (Å²) in [6.45, 7) is -0.231. The minimum atomic E-state index is -4.66. The minimum Gasteiger partial charge on any atom is -0.314 e. The van der Waals surface area contributed by atoms with Crippen molar-refractivity contribution in [3.8, 4) is 0 Å². The largest absolute Gasteiger partial charge is 0.416 e. The molecule has 0 saturated heterocycles. The summed E-state index contributed by atoms with van der Waals surface area (Å²) in [5.41, 5.74) is -1.75. The van der Waals surface area contributed by atoms with E-state index >= 15 is 0 Å². The fourth-order valence-electron chi connectivity index (χ4n) is 1.30. The third-order valence-electron chi connectivity index (χ3n) is 1.93. The topological polar surface area (TPSA) is 66.6 Å². The van der Waals surface area contributed by atoms with Crippen LogP contribution in [0.3, 0.4) is 0 Å². The van der Waals surface area contributed by atoms with Gasteiger partial charge in [-0.3, -0.25) is 10.1 Å². The highest BCUT2D eigenvalue weighted by atomic mass is 19.4. The first kappa shape index (κ1) is 13.4. The summed E-state index contributed by atoms with van der Waals surface area (Å²) in [5.74, 6) is 0. The van der Waals surface area contributed by atoms with Crippen LogP contribution in [-0.4, -0.2) is 22.2 Å². The van der Waals surface area contributed by atoms with Crippen LogP contribution in [0.2, 0.25) is 0 Å². The lowest BCUT2D eigenvalue weighted by Crippen LogP contribution is -2.13. The van der Waals surface area contributed by atoms with Crippen molar-refractivity contribution in [1.29, 1.82) is 0 Å².